The highest BCUT2D eigenvalue weighted by Gasteiger charge is 2.33. The molecule has 0 fully saturated rings. The summed E-state index contributed by atoms with van der Waals surface area (Å²) in [7, 11) is 1.60. The molecule has 2 rings (SSSR count). The van der Waals surface area contributed by atoms with Gasteiger partial charge in [-0.05, 0) is 49.6 Å². The topological polar surface area (TPSA) is 63.2 Å². The predicted octanol–water partition coefficient (Wildman–Crippen LogP) is 6.83. The number of rotatable bonds is 13. The maximum atomic E-state index is 14.1. The molecule has 1 heterocycles. The molecule has 0 aliphatic heterocycles. The lowest BCUT2D eigenvalue weighted by atomic mass is 9.99. The minimum Gasteiger partial charge on any atom is -0.474 e. The van der Waals surface area contributed by atoms with Gasteiger partial charge in [-0.1, -0.05) is 45.6 Å². The number of hydrogen-bond donors (Lipinski definition) is 2. The number of nitrogens with zero attached hydrogens (tertiary/aromatic N) is 1. The highest BCUT2D eigenvalue weighted by atomic mass is 19.4. The molecule has 194 valence electrons. The fourth-order valence-corrected chi connectivity index (χ4v) is 3.64. The van der Waals surface area contributed by atoms with Gasteiger partial charge in [0.25, 0.3) is 0 Å². The first-order valence-electron chi connectivity index (χ1n) is 12.1. The Bertz CT molecular complexity index is 958. The Morgan fingerprint density at radius 3 is 2.29 bits per heavy atom. The minimum absolute atomic E-state index is 0.0605. The summed E-state index contributed by atoms with van der Waals surface area (Å²) in [6.07, 6.45) is 0.224. The molecule has 0 saturated heterocycles. The van der Waals surface area contributed by atoms with Gasteiger partial charge in [-0.3, -0.25) is 4.79 Å². The maximum absolute atomic E-state index is 14.1. The number of aromatic nitrogens is 1. The molecule has 1 aromatic heterocycles. The fourth-order valence-electron chi connectivity index (χ4n) is 3.64. The first kappa shape index (κ1) is 28.4. The molecule has 2 aromatic rings. The standard InChI is InChI=1S/C26H35F4N3O2/c1-5-7-9-20(10-8-6-2)35-25-19(12-14-23(33-25)26(28,29)30)16-32-24(34)17(3)18-11-13-22(31-4)21(27)15-18/h11-15,17,20,31H,5-10,16H2,1-4H3,(H,32,34). The minimum atomic E-state index is -4.61. The molecule has 0 aliphatic rings. The molecule has 1 atom stereocenters. The van der Waals surface area contributed by atoms with Gasteiger partial charge in [0, 0.05) is 19.2 Å². The van der Waals surface area contributed by atoms with E-state index in [-0.39, 0.29) is 24.4 Å². The van der Waals surface area contributed by atoms with E-state index < -0.39 is 23.6 Å². The van der Waals surface area contributed by atoms with Crippen LogP contribution in [0.15, 0.2) is 30.3 Å². The number of carbonyl (C=O) groups excluding carboxylic acids is 1. The van der Waals surface area contributed by atoms with E-state index in [1.54, 1.807) is 26.1 Å². The average Bonchev–Trinajstić information content (AvgIpc) is 2.83. The van der Waals surface area contributed by atoms with E-state index in [4.69, 9.17) is 4.74 Å². The van der Waals surface area contributed by atoms with Crippen LogP contribution < -0.4 is 15.4 Å². The third kappa shape index (κ3) is 8.40. The number of ether oxygens (including phenoxy) is 1. The zero-order chi connectivity index (χ0) is 26.0. The van der Waals surface area contributed by atoms with E-state index in [1.165, 1.54) is 12.1 Å². The Balaban J connectivity index is 2.21. The zero-order valence-electron chi connectivity index (χ0n) is 20.8. The molecule has 0 bridgehead atoms. The number of unbranched alkanes of at least 4 members (excludes halogenated alkanes) is 2. The summed E-state index contributed by atoms with van der Waals surface area (Å²) in [5, 5.41) is 5.45. The number of halogens is 4. The summed E-state index contributed by atoms with van der Waals surface area (Å²) in [4.78, 5) is 16.5. The van der Waals surface area contributed by atoms with E-state index in [0.29, 0.717) is 29.7 Å². The van der Waals surface area contributed by atoms with Crippen molar-refractivity contribution in [2.75, 3.05) is 12.4 Å². The summed E-state index contributed by atoms with van der Waals surface area (Å²) in [6.45, 7) is 5.66. The molecule has 1 aromatic carbocycles. The quantitative estimate of drug-likeness (QED) is 0.298. The predicted molar refractivity (Wildman–Crippen MR) is 129 cm³/mol. The van der Waals surface area contributed by atoms with E-state index in [1.807, 2.05) is 13.8 Å². The van der Waals surface area contributed by atoms with Crippen LogP contribution in [-0.2, 0) is 17.5 Å². The van der Waals surface area contributed by atoms with Crippen LogP contribution in [0.25, 0.3) is 0 Å². The van der Waals surface area contributed by atoms with Crippen molar-refractivity contribution in [1.82, 2.24) is 10.3 Å². The molecule has 1 unspecified atom stereocenters. The lowest BCUT2D eigenvalue weighted by Crippen LogP contribution is -2.28. The average molecular weight is 498 g/mol. The van der Waals surface area contributed by atoms with Gasteiger partial charge in [0.15, 0.2) is 0 Å². The molecule has 9 heteroatoms. The molecule has 35 heavy (non-hydrogen) atoms. The summed E-state index contributed by atoms with van der Waals surface area (Å²) < 4.78 is 60.0. The van der Waals surface area contributed by atoms with Gasteiger partial charge in [0.1, 0.15) is 17.6 Å². The SMILES string of the molecule is CCCCC(CCCC)Oc1nc(C(F)(F)F)ccc1CNC(=O)C(C)c1ccc(NC)c(F)c1. The number of benzene rings is 1. The smallest absolute Gasteiger partial charge is 0.433 e. The molecule has 0 spiro atoms. The van der Waals surface area contributed by atoms with Crippen molar-refractivity contribution in [3.05, 3.63) is 53.0 Å². The van der Waals surface area contributed by atoms with Gasteiger partial charge in [-0.25, -0.2) is 9.37 Å². The number of amides is 1. The number of carbonyl (C=O) groups is 1. The van der Waals surface area contributed by atoms with Gasteiger partial charge in [-0.2, -0.15) is 13.2 Å². The van der Waals surface area contributed by atoms with Crippen molar-refractivity contribution < 1.29 is 27.1 Å². The third-order valence-electron chi connectivity index (χ3n) is 5.88. The first-order valence-corrected chi connectivity index (χ1v) is 12.1. The fraction of sp³-hybridized carbons (Fsp3) is 0.538. The van der Waals surface area contributed by atoms with Gasteiger partial charge in [-0.15, -0.1) is 0 Å². The molecule has 0 radical (unpaired) electrons. The Morgan fingerprint density at radius 1 is 1.09 bits per heavy atom. The summed E-state index contributed by atoms with van der Waals surface area (Å²) in [5.74, 6) is -1.64. The van der Waals surface area contributed by atoms with Crippen LogP contribution in [0.1, 0.15) is 82.0 Å². The van der Waals surface area contributed by atoms with Crippen molar-refractivity contribution in [3.8, 4) is 5.88 Å². The summed E-state index contributed by atoms with van der Waals surface area (Å²) in [5.41, 5.74) is 0.119. The Morgan fingerprint density at radius 2 is 1.74 bits per heavy atom. The number of alkyl halides is 3. The van der Waals surface area contributed by atoms with Crippen LogP contribution in [0.5, 0.6) is 5.88 Å². The van der Waals surface area contributed by atoms with Gasteiger partial charge < -0.3 is 15.4 Å². The number of anilines is 1. The van der Waals surface area contributed by atoms with Crippen molar-refractivity contribution in [3.63, 3.8) is 0 Å². The van der Waals surface area contributed by atoms with E-state index in [9.17, 15) is 22.4 Å². The highest BCUT2D eigenvalue weighted by Crippen LogP contribution is 2.31. The number of nitrogens with one attached hydrogen (secondary N) is 2. The van der Waals surface area contributed by atoms with Crippen LogP contribution in [0.3, 0.4) is 0 Å². The van der Waals surface area contributed by atoms with E-state index in [2.05, 4.69) is 15.6 Å². The molecule has 0 saturated carbocycles. The zero-order valence-corrected chi connectivity index (χ0v) is 20.8. The lowest BCUT2D eigenvalue weighted by molar-refractivity contribution is -0.141. The van der Waals surface area contributed by atoms with E-state index in [0.717, 1.165) is 31.7 Å². The second-order valence-electron chi connectivity index (χ2n) is 8.61. The molecule has 2 N–H and O–H groups in total. The van der Waals surface area contributed by atoms with Crippen LogP contribution in [0.4, 0.5) is 23.2 Å². The van der Waals surface area contributed by atoms with Crippen LogP contribution in [-0.4, -0.2) is 24.0 Å². The van der Waals surface area contributed by atoms with Crippen molar-refractivity contribution in [2.24, 2.45) is 0 Å². The largest absolute Gasteiger partial charge is 0.474 e. The van der Waals surface area contributed by atoms with Crippen molar-refractivity contribution in [2.45, 2.75) is 84.0 Å². The number of pyridine rings is 1. The highest BCUT2D eigenvalue weighted by molar-refractivity contribution is 5.83. The molecular weight excluding hydrogens is 462 g/mol. The molecule has 0 aliphatic carbocycles. The van der Waals surface area contributed by atoms with Crippen molar-refractivity contribution >= 4 is 11.6 Å². The van der Waals surface area contributed by atoms with Crippen LogP contribution >= 0.6 is 0 Å². The Hall–Kier alpha value is -2.84. The first-order chi connectivity index (χ1) is 16.6. The third-order valence-corrected chi connectivity index (χ3v) is 5.88. The van der Waals surface area contributed by atoms with Crippen LogP contribution in [0, 0.1) is 5.82 Å². The second kappa shape index (κ2) is 13.3. The monoisotopic (exact) mass is 497 g/mol. The Kier molecular flexibility index (Phi) is 10.8. The van der Waals surface area contributed by atoms with Gasteiger partial charge in [0.05, 0.1) is 11.6 Å². The van der Waals surface area contributed by atoms with Gasteiger partial charge >= 0.3 is 6.18 Å². The van der Waals surface area contributed by atoms with Gasteiger partial charge in [0.2, 0.25) is 11.8 Å². The number of hydrogen-bond acceptors (Lipinski definition) is 4. The molecular formula is C26H35F4N3O2. The van der Waals surface area contributed by atoms with E-state index >= 15 is 0 Å². The van der Waals surface area contributed by atoms with Crippen LogP contribution in [0.2, 0.25) is 0 Å². The Labute approximate surface area is 204 Å². The molecule has 1 amide bonds. The normalized spacial score (nSPS) is 12.5. The summed E-state index contributed by atoms with van der Waals surface area (Å²) >= 11 is 0. The molecule has 5 nitrogen and oxygen atoms in total. The second-order valence-corrected chi connectivity index (χ2v) is 8.61. The lowest BCUT2D eigenvalue weighted by Gasteiger charge is -2.21. The van der Waals surface area contributed by atoms with Crippen molar-refractivity contribution in [1.29, 1.82) is 0 Å². The maximum Gasteiger partial charge on any atom is 0.433 e. The summed E-state index contributed by atoms with van der Waals surface area (Å²) in [6, 6.07) is 6.66.